The number of methoxy groups -OCH3 is 1. The molecule has 0 aliphatic heterocycles. The first-order valence-corrected chi connectivity index (χ1v) is 3.98. The van der Waals surface area contributed by atoms with Gasteiger partial charge in [-0.2, -0.15) is 0 Å². The molecule has 60 valence electrons. The Morgan fingerprint density at radius 2 is 2.64 bits per heavy atom. The predicted octanol–water partition coefficient (Wildman–Crippen LogP) is 0.466. The maximum atomic E-state index is 10.7. The Bertz CT molecular complexity index is 273. The Balaban J connectivity index is 2.64. The second-order valence-corrected chi connectivity index (χ2v) is 2.70. The average molecular weight is 172 g/mol. The number of ether oxygens (including phenoxy) is 1. The molecule has 0 amide bonds. The quantitative estimate of drug-likeness (QED) is 0.409. The van der Waals surface area contributed by atoms with E-state index in [2.05, 4.69) is 9.97 Å². The summed E-state index contributed by atoms with van der Waals surface area (Å²) in [6.45, 7) is 0. The number of H-pyrrole nitrogens is 1. The van der Waals surface area contributed by atoms with Crippen molar-refractivity contribution in [3.63, 3.8) is 0 Å². The van der Waals surface area contributed by atoms with Crippen LogP contribution in [0, 0.1) is 0 Å². The molecule has 0 aliphatic rings. The largest absolute Gasteiger partial charge is 0.374 e. The van der Waals surface area contributed by atoms with Crippen LogP contribution in [0.3, 0.4) is 0 Å². The van der Waals surface area contributed by atoms with Gasteiger partial charge in [0.05, 0.1) is 5.94 Å². The number of aromatic amines is 1. The summed E-state index contributed by atoms with van der Waals surface area (Å²) in [6.07, 6.45) is 1.47. The molecule has 0 spiro atoms. The van der Waals surface area contributed by atoms with Gasteiger partial charge < -0.3 is 9.72 Å². The lowest BCUT2D eigenvalue weighted by atomic mass is 10.7. The monoisotopic (exact) mass is 172 g/mol. The molecule has 0 unspecified atom stereocenters. The maximum Gasteiger partial charge on any atom is 0.251 e. The number of hydrogen-bond acceptors (Lipinski definition) is 4. The molecule has 0 aliphatic carbocycles. The molecule has 1 rings (SSSR count). The molecule has 0 radical (unpaired) electrons. The van der Waals surface area contributed by atoms with Gasteiger partial charge in [-0.25, -0.2) is 4.98 Å². The van der Waals surface area contributed by atoms with Crippen LogP contribution in [0.25, 0.3) is 0 Å². The number of thioether (sulfide) groups is 1. The highest BCUT2D eigenvalue weighted by atomic mass is 32.2. The van der Waals surface area contributed by atoms with Crippen LogP contribution in [-0.4, -0.2) is 23.0 Å². The molecule has 0 saturated carbocycles. The summed E-state index contributed by atoms with van der Waals surface area (Å²) in [6, 6.07) is 1.37. The van der Waals surface area contributed by atoms with Gasteiger partial charge in [0.15, 0.2) is 5.16 Å². The van der Waals surface area contributed by atoms with Gasteiger partial charge in [0.1, 0.15) is 0 Å². The Morgan fingerprint density at radius 3 is 3.27 bits per heavy atom. The summed E-state index contributed by atoms with van der Waals surface area (Å²) in [5.74, 6) is 0.493. The molecule has 5 heteroatoms. The smallest absolute Gasteiger partial charge is 0.251 e. The van der Waals surface area contributed by atoms with E-state index in [-0.39, 0.29) is 5.56 Å². The minimum Gasteiger partial charge on any atom is -0.374 e. The number of hydrogen-bond donors (Lipinski definition) is 1. The van der Waals surface area contributed by atoms with Gasteiger partial charge in [-0.05, 0) is 0 Å². The van der Waals surface area contributed by atoms with E-state index in [1.807, 2.05) is 0 Å². The van der Waals surface area contributed by atoms with Crippen molar-refractivity contribution in [3.05, 3.63) is 22.6 Å². The van der Waals surface area contributed by atoms with E-state index >= 15 is 0 Å². The second kappa shape index (κ2) is 4.15. The van der Waals surface area contributed by atoms with Crippen LogP contribution >= 0.6 is 11.8 Å². The van der Waals surface area contributed by atoms with E-state index < -0.39 is 0 Å². The van der Waals surface area contributed by atoms with Crippen molar-refractivity contribution in [1.82, 2.24) is 9.97 Å². The van der Waals surface area contributed by atoms with Gasteiger partial charge in [-0.15, -0.1) is 0 Å². The molecule has 1 aromatic heterocycles. The fourth-order valence-electron chi connectivity index (χ4n) is 0.540. The van der Waals surface area contributed by atoms with Gasteiger partial charge in [0.25, 0.3) is 5.56 Å². The molecule has 0 bridgehead atoms. The minimum atomic E-state index is -0.140. The second-order valence-electron chi connectivity index (χ2n) is 1.79. The lowest BCUT2D eigenvalue weighted by Gasteiger charge is -1.96. The number of rotatable bonds is 3. The summed E-state index contributed by atoms with van der Waals surface area (Å²) in [7, 11) is 1.59. The normalized spacial score (nSPS) is 9.91. The van der Waals surface area contributed by atoms with Crippen LogP contribution in [0.4, 0.5) is 0 Å². The first-order valence-electron chi connectivity index (χ1n) is 3.00. The lowest BCUT2D eigenvalue weighted by Crippen LogP contribution is -2.05. The average Bonchev–Trinajstić information content (AvgIpc) is 2.01. The number of aromatic nitrogens is 2. The van der Waals surface area contributed by atoms with E-state index in [1.165, 1.54) is 24.0 Å². The molecular weight excluding hydrogens is 164 g/mol. The molecule has 0 aromatic carbocycles. The molecule has 4 nitrogen and oxygen atoms in total. The molecule has 0 fully saturated rings. The Hall–Kier alpha value is -0.810. The first kappa shape index (κ1) is 8.29. The highest BCUT2D eigenvalue weighted by Gasteiger charge is 1.93. The lowest BCUT2D eigenvalue weighted by molar-refractivity contribution is 0.258. The van der Waals surface area contributed by atoms with Crippen LogP contribution in [0.5, 0.6) is 0 Å². The number of nitrogens with zero attached hydrogens (tertiary/aromatic N) is 1. The van der Waals surface area contributed by atoms with Crippen molar-refractivity contribution >= 4 is 11.8 Å². The van der Waals surface area contributed by atoms with Gasteiger partial charge in [-0.3, -0.25) is 4.79 Å². The molecule has 1 aromatic rings. The van der Waals surface area contributed by atoms with Crippen molar-refractivity contribution in [1.29, 1.82) is 0 Å². The third kappa shape index (κ3) is 2.73. The standard InChI is InChI=1S/C6H8N2O2S/c1-10-4-11-6-7-3-2-5(9)8-6/h2-3H,4H2,1H3,(H,7,8,9). The third-order valence-electron chi connectivity index (χ3n) is 0.961. The van der Waals surface area contributed by atoms with Gasteiger partial charge in [-0.1, -0.05) is 11.8 Å². The first-order chi connectivity index (χ1) is 5.33. The van der Waals surface area contributed by atoms with E-state index in [1.54, 1.807) is 7.11 Å². The molecule has 0 saturated heterocycles. The molecule has 1 heterocycles. The van der Waals surface area contributed by atoms with Crippen molar-refractivity contribution < 1.29 is 4.74 Å². The summed E-state index contributed by atoms with van der Waals surface area (Å²) >= 11 is 1.35. The fraction of sp³-hybridized carbons (Fsp3) is 0.333. The highest BCUT2D eigenvalue weighted by molar-refractivity contribution is 7.99. The third-order valence-corrected chi connectivity index (χ3v) is 1.80. The van der Waals surface area contributed by atoms with Crippen molar-refractivity contribution in [2.24, 2.45) is 0 Å². The van der Waals surface area contributed by atoms with E-state index in [9.17, 15) is 4.79 Å². The minimum absolute atomic E-state index is 0.140. The van der Waals surface area contributed by atoms with Crippen LogP contribution < -0.4 is 5.56 Å². The zero-order valence-electron chi connectivity index (χ0n) is 6.03. The van der Waals surface area contributed by atoms with Gasteiger partial charge in [0, 0.05) is 19.4 Å². The summed E-state index contributed by atoms with van der Waals surface area (Å²) < 4.78 is 4.79. The summed E-state index contributed by atoms with van der Waals surface area (Å²) in [5.41, 5.74) is -0.140. The predicted molar refractivity (Wildman–Crippen MR) is 42.6 cm³/mol. The maximum absolute atomic E-state index is 10.7. The summed E-state index contributed by atoms with van der Waals surface area (Å²) in [4.78, 5) is 17.2. The van der Waals surface area contributed by atoms with Gasteiger partial charge in [0.2, 0.25) is 0 Å². The Kier molecular flexibility index (Phi) is 3.13. The van der Waals surface area contributed by atoms with Crippen molar-refractivity contribution in [2.45, 2.75) is 5.16 Å². The molecule has 11 heavy (non-hydrogen) atoms. The van der Waals surface area contributed by atoms with Crippen molar-refractivity contribution in [2.75, 3.05) is 13.0 Å². The fourth-order valence-corrected chi connectivity index (χ4v) is 1.08. The zero-order chi connectivity index (χ0) is 8.10. The molecular formula is C6H8N2O2S. The van der Waals surface area contributed by atoms with Crippen LogP contribution in [0.15, 0.2) is 22.2 Å². The van der Waals surface area contributed by atoms with E-state index in [0.717, 1.165) is 0 Å². The topological polar surface area (TPSA) is 55.0 Å². The van der Waals surface area contributed by atoms with Gasteiger partial charge >= 0.3 is 0 Å². The molecule has 0 atom stereocenters. The van der Waals surface area contributed by atoms with Crippen molar-refractivity contribution in [3.8, 4) is 0 Å². The van der Waals surface area contributed by atoms with E-state index in [0.29, 0.717) is 11.1 Å². The number of nitrogens with one attached hydrogen (secondary N) is 1. The Morgan fingerprint density at radius 1 is 1.82 bits per heavy atom. The van der Waals surface area contributed by atoms with Crippen LogP contribution in [0.2, 0.25) is 0 Å². The van der Waals surface area contributed by atoms with Crippen LogP contribution in [0.1, 0.15) is 0 Å². The van der Waals surface area contributed by atoms with E-state index in [4.69, 9.17) is 4.74 Å². The van der Waals surface area contributed by atoms with Crippen LogP contribution in [-0.2, 0) is 4.74 Å². The summed E-state index contributed by atoms with van der Waals surface area (Å²) in [5, 5.41) is 0.583. The molecule has 1 N–H and O–H groups in total. The zero-order valence-corrected chi connectivity index (χ0v) is 6.85. The Labute approximate surface area is 68.0 Å². The highest BCUT2D eigenvalue weighted by Crippen LogP contribution is 2.08. The SMILES string of the molecule is COCSc1nccc(=O)[nH]1.